The molecule has 104 valence electrons. The molecule has 0 atom stereocenters. The second kappa shape index (κ2) is 5.94. The van der Waals surface area contributed by atoms with E-state index in [0.29, 0.717) is 25.7 Å². The maximum Gasteiger partial charge on any atom is 0.226 e. The van der Waals surface area contributed by atoms with Gasteiger partial charge >= 0.3 is 0 Å². The average Bonchev–Trinajstić information content (AvgIpc) is 2.56. The number of anilines is 1. The Hall–Kier alpha value is -2.05. The van der Waals surface area contributed by atoms with E-state index in [9.17, 15) is 0 Å². The van der Waals surface area contributed by atoms with Crippen LogP contribution in [0.15, 0.2) is 30.5 Å². The van der Waals surface area contributed by atoms with Crippen LogP contribution in [-0.2, 0) is 11.3 Å². The van der Waals surface area contributed by atoms with Crippen molar-refractivity contribution in [2.45, 2.75) is 6.54 Å². The van der Waals surface area contributed by atoms with E-state index in [1.165, 1.54) is 0 Å². The van der Waals surface area contributed by atoms with Crippen LogP contribution in [-0.4, -0.2) is 41.3 Å². The second-order valence-corrected chi connectivity index (χ2v) is 4.56. The van der Waals surface area contributed by atoms with Gasteiger partial charge in [0.2, 0.25) is 5.95 Å². The van der Waals surface area contributed by atoms with Crippen LogP contribution in [0.2, 0.25) is 0 Å². The van der Waals surface area contributed by atoms with Gasteiger partial charge in [0.05, 0.1) is 30.3 Å². The van der Waals surface area contributed by atoms with E-state index in [1.807, 2.05) is 24.3 Å². The summed E-state index contributed by atoms with van der Waals surface area (Å²) in [4.78, 5) is 15.6. The first-order valence-corrected chi connectivity index (χ1v) is 6.69. The molecule has 0 bridgehead atoms. The fraction of sp³-hybridized carbons (Fsp3) is 0.357. The van der Waals surface area contributed by atoms with Crippen molar-refractivity contribution in [3.05, 3.63) is 36.2 Å². The lowest BCUT2D eigenvalue weighted by Gasteiger charge is -2.27. The number of hydrogen-bond acceptors (Lipinski definition) is 6. The molecule has 0 saturated carbocycles. The van der Waals surface area contributed by atoms with E-state index in [0.717, 1.165) is 30.2 Å². The number of aromatic nitrogens is 3. The van der Waals surface area contributed by atoms with Crippen molar-refractivity contribution in [3.8, 4) is 11.4 Å². The van der Waals surface area contributed by atoms with E-state index in [-0.39, 0.29) is 0 Å². The van der Waals surface area contributed by atoms with Gasteiger partial charge < -0.3 is 15.4 Å². The lowest BCUT2D eigenvalue weighted by atomic mass is 10.2. The van der Waals surface area contributed by atoms with Gasteiger partial charge in [-0.3, -0.25) is 4.98 Å². The number of pyridine rings is 1. The van der Waals surface area contributed by atoms with Gasteiger partial charge in [0.25, 0.3) is 0 Å². The zero-order chi connectivity index (χ0) is 13.8. The van der Waals surface area contributed by atoms with Crippen LogP contribution < -0.4 is 10.6 Å². The Balaban J connectivity index is 1.98. The van der Waals surface area contributed by atoms with Crippen molar-refractivity contribution in [3.63, 3.8) is 0 Å². The highest BCUT2D eigenvalue weighted by Crippen LogP contribution is 2.19. The number of hydrogen-bond donors (Lipinski definition) is 1. The first kappa shape index (κ1) is 13.0. The molecule has 0 spiro atoms. The molecule has 1 aliphatic rings. The molecule has 3 heterocycles. The largest absolute Gasteiger partial charge is 0.378 e. The minimum absolute atomic E-state index is 0.389. The van der Waals surface area contributed by atoms with Crippen LogP contribution in [0.25, 0.3) is 11.4 Å². The summed E-state index contributed by atoms with van der Waals surface area (Å²) >= 11 is 0. The lowest BCUT2D eigenvalue weighted by molar-refractivity contribution is 0.122. The van der Waals surface area contributed by atoms with Gasteiger partial charge in [0.15, 0.2) is 0 Å². The van der Waals surface area contributed by atoms with Gasteiger partial charge in [-0.15, -0.1) is 0 Å². The fourth-order valence-corrected chi connectivity index (χ4v) is 2.14. The Morgan fingerprint density at radius 3 is 2.70 bits per heavy atom. The monoisotopic (exact) mass is 271 g/mol. The summed E-state index contributed by atoms with van der Waals surface area (Å²) < 4.78 is 5.36. The number of rotatable bonds is 3. The third-order valence-electron chi connectivity index (χ3n) is 3.20. The topological polar surface area (TPSA) is 77.2 Å². The number of ether oxygens (including phenoxy) is 1. The molecule has 20 heavy (non-hydrogen) atoms. The van der Waals surface area contributed by atoms with Crippen LogP contribution in [0.1, 0.15) is 5.69 Å². The Morgan fingerprint density at radius 2 is 2.00 bits per heavy atom. The molecule has 0 aromatic carbocycles. The molecular weight excluding hydrogens is 254 g/mol. The van der Waals surface area contributed by atoms with E-state index < -0.39 is 0 Å². The molecule has 1 saturated heterocycles. The highest BCUT2D eigenvalue weighted by molar-refractivity contribution is 5.56. The number of nitrogens with two attached hydrogens (primary N) is 1. The summed E-state index contributed by atoms with van der Waals surface area (Å²) in [5.41, 5.74) is 8.20. The zero-order valence-corrected chi connectivity index (χ0v) is 11.2. The van der Waals surface area contributed by atoms with Crippen molar-refractivity contribution >= 4 is 5.95 Å². The Bertz CT molecular complexity index is 569. The van der Waals surface area contributed by atoms with Crippen molar-refractivity contribution in [2.24, 2.45) is 5.73 Å². The minimum atomic E-state index is 0.389. The third-order valence-corrected chi connectivity index (χ3v) is 3.20. The predicted octanol–water partition coefficient (Wildman–Crippen LogP) is 0.834. The van der Waals surface area contributed by atoms with E-state index in [4.69, 9.17) is 10.5 Å². The van der Waals surface area contributed by atoms with Gasteiger partial charge in [-0.2, -0.15) is 0 Å². The first-order valence-electron chi connectivity index (χ1n) is 6.69. The Kier molecular flexibility index (Phi) is 3.85. The van der Waals surface area contributed by atoms with Crippen LogP contribution in [0.5, 0.6) is 0 Å². The van der Waals surface area contributed by atoms with Gasteiger partial charge in [0, 0.05) is 25.8 Å². The molecule has 3 rings (SSSR count). The molecule has 1 fully saturated rings. The number of nitrogens with zero attached hydrogens (tertiary/aromatic N) is 4. The highest BCUT2D eigenvalue weighted by atomic mass is 16.5. The minimum Gasteiger partial charge on any atom is -0.378 e. The third kappa shape index (κ3) is 2.76. The van der Waals surface area contributed by atoms with Crippen molar-refractivity contribution in [1.29, 1.82) is 0 Å². The molecule has 0 unspecified atom stereocenters. The molecule has 0 radical (unpaired) electrons. The van der Waals surface area contributed by atoms with Crippen molar-refractivity contribution in [1.82, 2.24) is 15.0 Å². The second-order valence-electron chi connectivity index (χ2n) is 4.56. The summed E-state index contributed by atoms with van der Waals surface area (Å²) in [5.74, 6) is 0.705. The predicted molar refractivity (Wildman–Crippen MR) is 76.2 cm³/mol. The molecule has 2 aromatic heterocycles. The van der Waals surface area contributed by atoms with Gasteiger partial charge in [-0.05, 0) is 18.2 Å². The van der Waals surface area contributed by atoms with Gasteiger partial charge in [-0.25, -0.2) is 9.97 Å². The van der Waals surface area contributed by atoms with Crippen LogP contribution in [0, 0.1) is 0 Å². The maximum absolute atomic E-state index is 5.74. The summed E-state index contributed by atoms with van der Waals surface area (Å²) in [6.45, 7) is 3.40. The summed E-state index contributed by atoms with van der Waals surface area (Å²) in [5, 5.41) is 0. The average molecular weight is 271 g/mol. The normalized spacial score (nSPS) is 15.3. The smallest absolute Gasteiger partial charge is 0.226 e. The Morgan fingerprint density at radius 1 is 1.15 bits per heavy atom. The van der Waals surface area contributed by atoms with E-state index in [1.54, 1.807) is 6.20 Å². The highest BCUT2D eigenvalue weighted by Gasteiger charge is 2.16. The lowest BCUT2D eigenvalue weighted by Crippen LogP contribution is -2.37. The molecule has 6 heteroatoms. The molecule has 2 aromatic rings. The van der Waals surface area contributed by atoms with Crippen LogP contribution in [0.3, 0.4) is 0 Å². The van der Waals surface area contributed by atoms with Crippen molar-refractivity contribution in [2.75, 3.05) is 31.2 Å². The summed E-state index contributed by atoms with van der Waals surface area (Å²) in [6.07, 6.45) is 1.76. The van der Waals surface area contributed by atoms with Crippen molar-refractivity contribution < 1.29 is 4.74 Å². The summed E-state index contributed by atoms with van der Waals surface area (Å²) in [7, 11) is 0. The van der Waals surface area contributed by atoms with Crippen LogP contribution in [0.4, 0.5) is 5.95 Å². The molecule has 0 aliphatic carbocycles. The molecule has 0 amide bonds. The number of morpholine rings is 1. The molecule has 2 N–H and O–H groups in total. The fourth-order valence-electron chi connectivity index (χ4n) is 2.14. The van der Waals surface area contributed by atoms with E-state index >= 15 is 0 Å². The van der Waals surface area contributed by atoms with Gasteiger partial charge in [0.1, 0.15) is 0 Å². The summed E-state index contributed by atoms with van der Waals surface area (Å²) in [6, 6.07) is 7.66. The molecule has 1 aliphatic heterocycles. The SMILES string of the molecule is NCc1cc(-c2ccccn2)nc(N2CCOCC2)n1. The molecule has 6 nitrogen and oxygen atoms in total. The standard InChI is InChI=1S/C14H17N5O/c15-10-11-9-13(12-3-1-2-4-16-12)18-14(17-11)19-5-7-20-8-6-19/h1-4,9H,5-8,10,15H2. The zero-order valence-electron chi connectivity index (χ0n) is 11.2. The first-order chi connectivity index (χ1) is 9.86. The molecular formula is C14H17N5O. The van der Waals surface area contributed by atoms with Gasteiger partial charge in [-0.1, -0.05) is 6.07 Å². The quantitative estimate of drug-likeness (QED) is 0.891. The van der Waals surface area contributed by atoms with E-state index in [2.05, 4.69) is 19.9 Å². The Labute approximate surface area is 117 Å². The maximum atomic E-state index is 5.74. The van der Waals surface area contributed by atoms with Crippen LogP contribution >= 0.6 is 0 Å².